The van der Waals surface area contributed by atoms with Crippen molar-refractivity contribution in [3.63, 3.8) is 0 Å². The smallest absolute Gasteiger partial charge is 0.270 e. The van der Waals surface area contributed by atoms with Crippen molar-refractivity contribution < 1.29 is 4.79 Å². The second-order valence-electron chi connectivity index (χ2n) is 7.92. The van der Waals surface area contributed by atoms with Gasteiger partial charge in [0, 0.05) is 44.7 Å². The second kappa shape index (κ2) is 6.88. The Hall–Kier alpha value is -2.14. The number of rotatable bonds is 5. The van der Waals surface area contributed by atoms with Crippen molar-refractivity contribution in [2.75, 3.05) is 19.6 Å². The number of hydrogen-bond donors (Lipinski definition) is 1. The van der Waals surface area contributed by atoms with Crippen LogP contribution < -0.4 is 5.32 Å². The zero-order chi connectivity index (χ0) is 18.3. The minimum atomic E-state index is -0.0363. The van der Waals surface area contributed by atoms with Gasteiger partial charge in [0.15, 0.2) is 0 Å². The van der Waals surface area contributed by atoms with E-state index >= 15 is 0 Å². The van der Waals surface area contributed by atoms with E-state index in [-0.39, 0.29) is 11.9 Å². The minimum absolute atomic E-state index is 0.0363. The normalized spacial score (nSPS) is 25.7. The predicted molar refractivity (Wildman–Crippen MR) is 102 cm³/mol. The number of benzene rings is 1. The predicted octanol–water partition coefficient (Wildman–Crippen LogP) is 2.97. The monoisotopic (exact) mass is 352 g/mol. The van der Waals surface area contributed by atoms with Crippen LogP contribution in [0, 0.1) is 11.8 Å². The highest BCUT2D eigenvalue weighted by atomic mass is 16.2. The van der Waals surface area contributed by atoms with Crippen molar-refractivity contribution in [2.24, 2.45) is 18.9 Å². The van der Waals surface area contributed by atoms with Crippen LogP contribution in [0.2, 0.25) is 0 Å². The van der Waals surface area contributed by atoms with Gasteiger partial charge in [-0.15, -0.1) is 0 Å². The molecule has 0 radical (unpaired) electrons. The maximum Gasteiger partial charge on any atom is 0.270 e. The molecule has 2 heterocycles. The third-order valence-corrected chi connectivity index (χ3v) is 6.21. The summed E-state index contributed by atoms with van der Waals surface area (Å²) in [5.74, 6) is 1.65. The number of hydrogen-bond acceptors (Lipinski definition) is 3. The van der Waals surface area contributed by atoms with Crippen LogP contribution in [0.25, 0.3) is 0 Å². The molecule has 4 rings (SSSR count). The van der Waals surface area contributed by atoms with Crippen molar-refractivity contribution in [1.29, 1.82) is 0 Å². The lowest BCUT2D eigenvalue weighted by molar-refractivity contribution is 0.0914. The van der Waals surface area contributed by atoms with E-state index in [9.17, 15) is 4.79 Å². The van der Waals surface area contributed by atoms with Crippen molar-refractivity contribution in [1.82, 2.24) is 20.0 Å². The number of carbonyl (C=O) groups excluding carboxylic acids is 1. The lowest BCUT2D eigenvalue weighted by atomic mass is 9.94. The number of likely N-dealkylation sites (tertiary alicyclic amines) is 1. The van der Waals surface area contributed by atoms with E-state index in [0.29, 0.717) is 23.4 Å². The Bertz CT molecular complexity index is 799. The molecule has 1 amide bonds. The number of nitrogens with zero attached hydrogens (tertiary/aromatic N) is 3. The Balaban J connectivity index is 1.57. The highest BCUT2D eigenvalue weighted by Gasteiger charge is 2.46. The largest absolute Gasteiger partial charge is 0.344 e. The molecule has 0 unspecified atom stereocenters. The fraction of sp³-hybridized carbons (Fsp3) is 0.524. The summed E-state index contributed by atoms with van der Waals surface area (Å²) >= 11 is 0. The zero-order valence-electron chi connectivity index (χ0n) is 15.9. The van der Waals surface area contributed by atoms with Crippen LogP contribution in [-0.4, -0.2) is 40.2 Å². The van der Waals surface area contributed by atoms with E-state index in [1.54, 1.807) is 16.9 Å². The van der Waals surface area contributed by atoms with Crippen LogP contribution in [0.5, 0.6) is 0 Å². The highest BCUT2D eigenvalue weighted by molar-refractivity contribution is 5.92. The van der Waals surface area contributed by atoms with Crippen LogP contribution in [-0.2, 0) is 7.05 Å². The summed E-state index contributed by atoms with van der Waals surface area (Å²) in [6.45, 7) is 7.88. The summed E-state index contributed by atoms with van der Waals surface area (Å²) in [5, 5.41) is 7.44. The van der Waals surface area contributed by atoms with Gasteiger partial charge in [-0.3, -0.25) is 9.48 Å². The molecule has 0 spiro atoms. The van der Waals surface area contributed by atoms with Crippen molar-refractivity contribution in [3.8, 4) is 0 Å². The number of fused-ring (bicyclic) bond motifs is 3. The molecule has 4 atom stereocenters. The van der Waals surface area contributed by atoms with E-state index in [4.69, 9.17) is 0 Å². The molecular weight excluding hydrogens is 324 g/mol. The first kappa shape index (κ1) is 17.3. The second-order valence-corrected chi connectivity index (χ2v) is 7.92. The van der Waals surface area contributed by atoms with E-state index in [1.165, 1.54) is 17.5 Å². The number of carbonyl (C=O) groups is 1. The van der Waals surface area contributed by atoms with E-state index in [1.807, 2.05) is 7.05 Å². The maximum atomic E-state index is 12.8. The minimum Gasteiger partial charge on any atom is -0.344 e. The number of aromatic nitrogens is 2. The average Bonchev–Trinajstić information content (AvgIpc) is 3.31. The van der Waals surface area contributed by atoms with Crippen molar-refractivity contribution in [3.05, 3.63) is 53.3 Å². The van der Waals surface area contributed by atoms with E-state index in [0.717, 1.165) is 19.6 Å². The van der Waals surface area contributed by atoms with Crippen molar-refractivity contribution >= 4 is 5.91 Å². The van der Waals surface area contributed by atoms with E-state index in [2.05, 4.69) is 53.4 Å². The van der Waals surface area contributed by atoms with E-state index < -0.39 is 0 Å². The molecule has 2 aliphatic rings. The standard InChI is InChI=1S/C21H28N4O/c1-4-14(2)11-25-12-17-15-7-5-6-8-16(15)20(18(17)13-25)23-21(26)19-9-10-22-24(19)3/h5-10,14,17-18,20H,4,11-13H2,1-3H3,(H,23,26)/t14-,17+,18+,20-/m1/s1. The summed E-state index contributed by atoms with van der Waals surface area (Å²) in [6.07, 6.45) is 2.88. The molecule has 1 aromatic heterocycles. The number of nitrogens with one attached hydrogen (secondary N) is 1. The molecule has 5 nitrogen and oxygen atoms in total. The Morgan fingerprint density at radius 3 is 2.73 bits per heavy atom. The van der Waals surface area contributed by atoms with Crippen LogP contribution in [0.15, 0.2) is 36.5 Å². The Kier molecular flexibility index (Phi) is 4.57. The van der Waals surface area contributed by atoms with Gasteiger partial charge >= 0.3 is 0 Å². The van der Waals surface area contributed by atoms with Crippen molar-refractivity contribution in [2.45, 2.75) is 32.2 Å². The fourth-order valence-electron chi connectivity index (χ4n) is 4.66. The Morgan fingerprint density at radius 1 is 1.27 bits per heavy atom. The highest BCUT2D eigenvalue weighted by Crippen LogP contribution is 2.49. The van der Waals surface area contributed by atoms with Gasteiger partial charge in [0.05, 0.1) is 6.04 Å². The third kappa shape index (κ3) is 2.94. The molecule has 0 saturated carbocycles. The van der Waals surface area contributed by atoms with Crippen LogP contribution >= 0.6 is 0 Å². The molecule has 138 valence electrons. The first-order chi connectivity index (χ1) is 12.6. The first-order valence-electron chi connectivity index (χ1n) is 9.68. The molecule has 2 aromatic rings. The zero-order valence-corrected chi connectivity index (χ0v) is 15.9. The SMILES string of the molecule is CC[C@@H](C)CN1C[C@@H]2[C@H](NC(=O)c3ccnn3C)c3ccccc3[C@@H]2C1. The molecule has 26 heavy (non-hydrogen) atoms. The van der Waals surface area contributed by atoms with Gasteiger partial charge < -0.3 is 10.2 Å². The molecular formula is C21H28N4O. The Morgan fingerprint density at radius 2 is 2.04 bits per heavy atom. The summed E-state index contributed by atoms with van der Waals surface area (Å²) < 4.78 is 1.64. The number of aryl methyl sites for hydroxylation is 1. The van der Waals surface area contributed by atoms with Gasteiger partial charge in [-0.05, 0) is 23.1 Å². The van der Waals surface area contributed by atoms with Gasteiger partial charge in [0.25, 0.3) is 5.91 Å². The lowest BCUT2D eigenvalue weighted by Crippen LogP contribution is -2.35. The molecule has 1 aliphatic heterocycles. The average molecular weight is 352 g/mol. The number of amides is 1. The fourth-order valence-corrected chi connectivity index (χ4v) is 4.66. The quantitative estimate of drug-likeness (QED) is 0.900. The maximum absolute atomic E-state index is 12.8. The van der Waals surface area contributed by atoms with Gasteiger partial charge in [-0.25, -0.2) is 0 Å². The summed E-state index contributed by atoms with van der Waals surface area (Å²) in [6, 6.07) is 10.5. The summed E-state index contributed by atoms with van der Waals surface area (Å²) in [5.41, 5.74) is 3.32. The molecule has 1 saturated heterocycles. The third-order valence-electron chi connectivity index (χ3n) is 6.21. The molecule has 1 N–H and O–H groups in total. The molecule has 1 aromatic carbocycles. The van der Waals surface area contributed by atoms with Gasteiger partial charge in [0.2, 0.25) is 0 Å². The molecule has 1 aliphatic carbocycles. The molecule has 1 fully saturated rings. The Labute approximate surface area is 155 Å². The first-order valence-corrected chi connectivity index (χ1v) is 9.68. The van der Waals surface area contributed by atoms with Gasteiger partial charge in [0.1, 0.15) is 5.69 Å². The van der Waals surface area contributed by atoms with Gasteiger partial charge in [-0.2, -0.15) is 5.10 Å². The van der Waals surface area contributed by atoms with Crippen LogP contribution in [0.1, 0.15) is 53.8 Å². The van der Waals surface area contributed by atoms with Crippen LogP contribution in [0.4, 0.5) is 0 Å². The van der Waals surface area contributed by atoms with Gasteiger partial charge in [-0.1, -0.05) is 44.5 Å². The summed E-state index contributed by atoms with van der Waals surface area (Å²) in [7, 11) is 1.81. The summed E-state index contributed by atoms with van der Waals surface area (Å²) in [4.78, 5) is 15.4. The molecule has 5 heteroatoms. The van der Waals surface area contributed by atoms with Crippen LogP contribution in [0.3, 0.4) is 0 Å². The lowest BCUT2D eigenvalue weighted by Gasteiger charge is -2.24. The topological polar surface area (TPSA) is 50.2 Å². The molecule has 0 bridgehead atoms.